The molecule has 0 heterocycles. The molecule has 0 bridgehead atoms. The van der Waals surface area contributed by atoms with Crippen molar-refractivity contribution in [3.05, 3.63) is 230 Å². The zero-order chi connectivity index (χ0) is 35.8. The normalized spacial score (nSPS) is 11.0. The molecule has 252 valence electrons. The smallest absolute Gasteiger partial charge is 0.0264 e. The van der Waals surface area contributed by atoms with Gasteiger partial charge in [-0.15, -0.1) is 0 Å². The van der Waals surface area contributed by atoms with Gasteiger partial charge in [0.15, 0.2) is 0 Å². The van der Waals surface area contributed by atoms with Crippen LogP contribution in [-0.2, 0) is 6.42 Å². The van der Waals surface area contributed by atoms with Crippen molar-refractivity contribution in [3.63, 3.8) is 0 Å². The van der Waals surface area contributed by atoms with Crippen molar-refractivity contribution in [2.24, 2.45) is 5.73 Å². The van der Waals surface area contributed by atoms with Crippen LogP contribution in [0.1, 0.15) is 23.6 Å². The van der Waals surface area contributed by atoms with Gasteiger partial charge in [0.25, 0.3) is 0 Å². The Kier molecular flexibility index (Phi) is 17.4. The van der Waals surface area contributed by atoms with Crippen molar-refractivity contribution in [1.82, 2.24) is 5.32 Å². The number of likely N-dealkylation sites (N-methyl/N-ethyl adjacent to an activating group) is 1. The molecule has 0 saturated heterocycles. The first-order valence-electron chi connectivity index (χ1n) is 16.9. The van der Waals surface area contributed by atoms with E-state index in [1.165, 1.54) is 39.0 Å². The molecule has 2 heteroatoms. The molecular formula is C48H50N2. The Morgan fingerprint density at radius 3 is 1.60 bits per heavy atom. The van der Waals surface area contributed by atoms with E-state index >= 15 is 0 Å². The van der Waals surface area contributed by atoms with Crippen LogP contribution >= 0.6 is 0 Å². The standard InChI is InChI=1S/C37H30.C9H13N.C2H7N/c1-29(17-18-32(27-30-11-5-2-6-12-30)28-31-13-7-3-8-14-31)33-19-21-36(22-20-33)37-25-23-35(24-26-37)34-15-9-4-10-16-34;1-4-5-6-7-8-9(2)10-3;1-2-3/h2-27H,1,28H2;4-8,10H,1-2H2,3H3;2-3H2,1H3/b18-17-,32-27?;6-5-,8-7?;. The van der Waals surface area contributed by atoms with Gasteiger partial charge in [0.05, 0.1) is 0 Å². The van der Waals surface area contributed by atoms with Gasteiger partial charge >= 0.3 is 0 Å². The lowest BCUT2D eigenvalue weighted by atomic mass is 9.97. The molecule has 0 fully saturated rings. The number of benzene rings is 5. The molecule has 0 spiro atoms. The third kappa shape index (κ3) is 14.0. The molecule has 3 N–H and O–H groups in total. The van der Waals surface area contributed by atoms with Gasteiger partial charge in [-0.1, -0.05) is 209 Å². The average Bonchev–Trinajstić information content (AvgIpc) is 3.17. The lowest BCUT2D eigenvalue weighted by molar-refractivity contribution is 1.04. The van der Waals surface area contributed by atoms with E-state index in [-0.39, 0.29) is 0 Å². The van der Waals surface area contributed by atoms with Crippen LogP contribution in [0.2, 0.25) is 0 Å². The van der Waals surface area contributed by atoms with E-state index < -0.39 is 0 Å². The summed E-state index contributed by atoms with van der Waals surface area (Å²) in [5.41, 5.74) is 16.5. The summed E-state index contributed by atoms with van der Waals surface area (Å²) in [6.45, 7) is 14.2. The molecule has 50 heavy (non-hydrogen) atoms. The molecule has 0 aromatic heterocycles. The van der Waals surface area contributed by atoms with Gasteiger partial charge in [-0.05, 0) is 69.1 Å². The van der Waals surface area contributed by atoms with Crippen LogP contribution in [0.3, 0.4) is 0 Å². The first-order valence-corrected chi connectivity index (χ1v) is 16.9. The van der Waals surface area contributed by atoms with Crippen molar-refractivity contribution in [3.8, 4) is 22.3 Å². The average molecular weight is 655 g/mol. The predicted octanol–water partition coefficient (Wildman–Crippen LogP) is 11.9. The van der Waals surface area contributed by atoms with Crippen LogP contribution in [0.25, 0.3) is 33.9 Å². The Labute approximate surface area is 300 Å². The molecule has 2 nitrogen and oxygen atoms in total. The van der Waals surface area contributed by atoms with Crippen molar-refractivity contribution in [1.29, 1.82) is 0 Å². The second kappa shape index (κ2) is 22.6. The molecule has 0 amide bonds. The third-order valence-electron chi connectivity index (χ3n) is 7.46. The maximum absolute atomic E-state index is 4.85. The Morgan fingerprint density at radius 1 is 0.600 bits per heavy atom. The minimum atomic E-state index is 0.750. The maximum Gasteiger partial charge on any atom is 0.0264 e. The zero-order valence-electron chi connectivity index (χ0n) is 29.5. The Morgan fingerprint density at radius 2 is 1.08 bits per heavy atom. The van der Waals surface area contributed by atoms with E-state index in [0.717, 1.165) is 29.8 Å². The van der Waals surface area contributed by atoms with E-state index in [0.29, 0.717) is 0 Å². The van der Waals surface area contributed by atoms with Gasteiger partial charge < -0.3 is 11.1 Å². The number of hydrogen-bond donors (Lipinski definition) is 2. The Bertz CT molecular complexity index is 1840. The number of hydrogen-bond acceptors (Lipinski definition) is 2. The van der Waals surface area contributed by atoms with E-state index in [1.54, 1.807) is 6.08 Å². The minimum Gasteiger partial charge on any atom is -0.389 e. The van der Waals surface area contributed by atoms with Crippen molar-refractivity contribution in [2.75, 3.05) is 13.6 Å². The van der Waals surface area contributed by atoms with Crippen LogP contribution in [0.5, 0.6) is 0 Å². The maximum atomic E-state index is 4.85. The SMILES string of the molecule is C=C(/C=C\C(=Cc1ccccc1)Cc1ccccc1)c1ccc(-c2ccc(-c3ccccc3)cc2)cc1.C=C/C=C\C=CC(=C)NC.CCN. The van der Waals surface area contributed by atoms with Crippen molar-refractivity contribution in [2.45, 2.75) is 13.3 Å². The molecule has 0 atom stereocenters. The van der Waals surface area contributed by atoms with Gasteiger partial charge in [0, 0.05) is 12.7 Å². The Hall–Kier alpha value is -5.96. The highest BCUT2D eigenvalue weighted by atomic mass is 14.8. The van der Waals surface area contributed by atoms with Crippen LogP contribution < -0.4 is 11.1 Å². The first-order chi connectivity index (χ1) is 24.5. The fourth-order valence-corrected chi connectivity index (χ4v) is 4.82. The van der Waals surface area contributed by atoms with Crippen LogP contribution in [0.15, 0.2) is 213 Å². The highest BCUT2D eigenvalue weighted by Gasteiger charge is 2.03. The van der Waals surface area contributed by atoms with Crippen molar-refractivity contribution < 1.29 is 0 Å². The highest BCUT2D eigenvalue weighted by molar-refractivity contribution is 5.76. The fraction of sp³-hybridized carbons (Fsp3) is 0.0833. The van der Waals surface area contributed by atoms with Crippen LogP contribution in [-0.4, -0.2) is 13.6 Å². The third-order valence-corrected chi connectivity index (χ3v) is 7.46. The summed E-state index contributed by atoms with van der Waals surface area (Å²) in [4.78, 5) is 0. The van der Waals surface area contributed by atoms with Gasteiger partial charge in [-0.2, -0.15) is 0 Å². The summed E-state index contributed by atoms with van der Waals surface area (Å²) >= 11 is 0. The first kappa shape index (κ1) is 38.5. The molecule has 0 aliphatic heterocycles. The van der Waals surface area contributed by atoms with E-state index in [9.17, 15) is 0 Å². The van der Waals surface area contributed by atoms with Crippen LogP contribution in [0.4, 0.5) is 0 Å². The molecule has 0 saturated carbocycles. The summed E-state index contributed by atoms with van der Waals surface area (Å²) < 4.78 is 0. The second-order valence-corrected chi connectivity index (χ2v) is 11.3. The summed E-state index contributed by atoms with van der Waals surface area (Å²) in [5.74, 6) is 0. The second-order valence-electron chi connectivity index (χ2n) is 11.3. The number of nitrogens with two attached hydrogens (primary N) is 1. The molecule has 5 rings (SSSR count). The van der Waals surface area contributed by atoms with E-state index in [1.807, 2.05) is 50.4 Å². The molecule has 0 radical (unpaired) electrons. The summed E-state index contributed by atoms with van der Waals surface area (Å²) in [6.07, 6.45) is 16.7. The minimum absolute atomic E-state index is 0.750. The molecular weight excluding hydrogens is 605 g/mol. The molecule has 0 aliphatic carbocycles. The number of rotatable bonds is 12. The summed E-state index contributed by atoms with van der Waals surface area (Å²) in [7, 11) is 1.84. The number of nitrogens with one attached hydrogen (secondary N) is 1. The van der Waals surface area contributed by atoms with Gasteiger partial charge in [-0.25, -0.2) is 0 Å². The molecule has 5 aromatic rings. The lowest BCUT2D eigenvalue weighted by Gasteiger charge is -2.08. The summed E-state index contributed by atoms with van der Waals surface area (Å²) in [6, 6.07) is 49.0. The lowest BCUT2D eigenvalue weighted by Crippen LogP contribution is -1.99. The Balaban J connectivity index is 0.000000445. The van der Waals surface area contributed by atoms with E-state index in [4.69, 9.17) is 5.73 Å². The molecule has 0 unspecified atom stereocenters. The molecule has 0 aliphatic rings. The quantitative estimate of drug-likeness (QED) is 0.131. The predicted molar refractivity (Wildman–Crippen MR) is 221 cm³/mol. The topological polar surface area (TPSA) is 38.0 Å². The van der Waals surface area contributed by atoms with Gasteiger partial charge in [0.1, 0.15) is 0 Å². The van der Waals surface area contributed by atoms with Crippen LogP contribution in [0, 0.1) is 0 Å². The van der Waals surface area contributed by atoms with E-state index in [2.05, 4.69) is 171 Å². The highest BCUT2D eigenvalue weighted by Crippen LogP contribution is 2.26. The van der Waals surface area contributed by atoms with Crippen molar-refractivity contribution >= 4 is 11.6 Å². The summed E-state index contributed by atoms with van der Waals surface area (Å²) in [5, 5.41) is 2.90. The monoisotopic (exact) mass is 654 g/mol. The fourth-order valence-electron chi connectivity index (χ4n) is 4.82. The van der Waals surface area contributed by atoms with Gasteiger partial charge in [-0.3, -0.25) is 0 Å². The molecule has 5 aromatic carbocycles. The number of allylic oxidation sites excluding steroid dienone is 9. The largest absolute Gasteiger partial charge is 0.389 e. The van der Waals surface area contributed by atoms with Gasteiger partial charge in [0.2, 0.25) is 0 Å². The zero-order valence-corrected chi connectivity index (χ0v) is 29.5.